The highest BCUT2D eigenvalue weighted by atomic mass is 35.5. The van der Waals surface area contributed by atoms with Gasteiger partial charge in [-0.2, -0.15) is 0 Å². The van der Waals surface area contributed by atoms with Gasteiger partial charge in [-0.3, -0.25) is 0 Å². The lowest BCUT2D eigenvalue weighted by molar-refractivity contribution is -0.108. The normalized spacial score (nSPS) is 19.0. The van der Waals surface area contributed by atoms with E-state index < -0.39 is 0 Å². The average molecular weight is 352 g/mol. The molecule has 1 fully saturated rings. The van der Waals surface area contributed by atoms with Crippen molar-refractivity contribution in [1.29, 1.82) is 0 Å². The Labute approximate surface area is 150 Å². The van der Waals surface area contributed by atoms with Gasteiger partial charge in [-0.05, 0) is 59.7 Å². The van der Waals surface area contributed by atoms with Crippen molar-refractivity contribution in [3.8, 4) is 0 Å². The van der Waals surface area contributed by atoms with Crippen molar-refractivity contribution in [2.75, 3.05) is 19.8 Å². The first-order valence-corrected chi connectivity index (χ1v) is 9.27. The first kappa shape index (κ1) is 19.4. The maximum Gasteiger partial charge on any atom is 0.120 e. The summed E-state index contributed by atoms with van der Waals surface area (Å²) in [6.07, 6.45) is 3.52. The number of ether oxygens (including phenoxy) is 1. The van der Waals surface area contributed by atoms with E-state index in [0.29, 0.717) is 18.9 Å². The van der Waals surface area contributed by atoms with Crippen LogP contribution in [0.3, 0.4) is 0 Å². The molecule has 0 saturated carbocycles. The summed E-state index contributed by atoms with van der Waals surface area (Å²) in [6, 6.07) is 6.41. The molecule has 0 amide bonds. The van der Waals surface area contributed by atoms with Crippen molar-refractivity contribution < 1.29 is 9.53 Å². The number of carbonyl (C=O) groups is 1. The second-order valence-electron chi connectivity index (χ2n) is 7.86. The van der Waals surface area contributed by atoms with Crippen molar-refractivity contribution in [2.45, 2.75) is 51.4 Å². The molecule has 24 heavy (non-hydrogen) atoms. The summed E-state index contributed by atoms with van der Waals surface area (Å²) in [5.41, 5.74) is 8.39. The van der Waals surface area contributed by atoms with Gasteiger partial charge in [0.2, 0.25) is 0 Å². The highest BCUT2D eigenvalue weighted by Gasteiger charge is 2.32. The van der Waals surface area contributed by atoms with E-state index >= 15 is 0 Å². The van der Waals surface area contributed by atoms with Crippen molar-refractivity contribution in [2.24, 2.45) is 17.6 Å². The van der Waals surface area contributed by atoms with E-state index in [1.54, 1.807) is 0 Å². The minimum absolute atomic E-state index is 0.0137. The third kappa shape index (κ3) is 4.59. The Morgan fingerprint density at radius 1 is 1.33 bits per heavy atom. The minimum Gasteiger partial charge on any atom is -0.381 e. The summed E-state index contributed by atoms with van der Waals surface area (Å²) in [7, 11) is 0. The standard InChI is InChI=1S/C20H30ClNO2/c1-20(2,3)17-5-4-15(12-18(17)21)19(16(13-22)6-9-23)14-7-10-24-11-8-14/h4-5,9,12,14,16,19H,6-8,10-11,13,22H2,1-3H3. The van der Waals surface area contributed by atoms with Crippen LogP contribution in [0.5, 0.6) is 0 Å². The lowest BCUT2D eigenvalue weighted by Crippen LogP contribution is -2.31. The highest BCUT2D eigenvalue weighted by Crippen LogP contribution is 2.41. The van der Waals surface area contributed by atoms with Gasteiger partial charge in [-0.15, -0.1) is 0 Å². The topological polar surface area (TPSA) is 52.3 Å². The molecule has 1 aromatic carbocycles. The van der Waals surface area contributed by atoms with Crippen LogP contribution in [0, 0.1) is 11.8 Å². The van der Waals surface area contributed by atoms with E-state index in [9.17, 15) is 4.79 Å². The number of hydrogen-bond donors (Lipinski definition) is 1. The molecule has 1 heterocycles. The number of nitrogens with two attached hydrogens (primary N) is 1. The van der Waals surface area contributed by atoms with Crippen molar-refractivity contribution in [3.05, 3.63) is 34.3 Å². The Balaban J connectivity index is 2.38. The molecule has 2 atom stereocenters. The summed E-state index contributed by atoms with van der Waals surface area (Å²) in [5, 5.41) is 0.805. The third-order valence-corrected chi connectivity index (χ3v) is 5.48. The maximum absolute atomic E-state index is 11.1. The molecule has 134 valence electrons. The number of benzene rings is 1. The zero-order valence-corrected chi connectivity index (χ0v) is 15.8. The number of hydrogen-bond acceptors (Lipinski definition) is 3. The van der Waals surface area contributed by atoms with E-state index in [2.05, 4.69) is 39.0 Å². The molecule has 2 rings (SSSR count). The molecule has 1 aromatic rings. The van der Waals surface area contributed by atoms with Crippen LogP contribution in [-0.4, -0.2) is 26.0 Å². The molecule has 4 heteroatoms. The summed E-state index contributed by atoms with van der Waals surface area (Å²) in [5.74, 6) is 0.904. The van der Waals surface area contributed by atoms with Crippen LogP contribution in [0.15, 0.2) is 18.2 Å². The van der Waals surface area contributed by atoms with Gasteiger partial charge >= 0.3 is 0 Å². The lowest BCUT2D eigenvalue weighted by atomic mass is 9.72. The van der Waals surface area contributed by atoms with Gasteiger partial charge in [-0.1, -0.05) is 44.5 Å². The van der Waals surface area contributed by atoms with Crippen LogP contribution in [-0.2, 0) is 14.9 Å². The van der Waals surface area contributed by atoms with Crippen molar-refractivity contribution in [1.82, 2.24) is 0 Å². The summed E-state index contributed by atoms with van der Waals surface area (Å²) in [6.45, 7) is 8.58. The van der Waals surface area contributed by atoms with Crippen LogP contribution in [0.2, 0.25) is 5.02 Å². The fourth-order valence-corrected chi connectivity index (χ4v) is 4.34. The molecule has 1 aliphatic rings. The molecule has 2 unspecified atom stereocenters. The highest BCUT2D eigenvalue weighted by molar-refractivity contribution is 6.31. The largest absolute Gasteiger partial charge is 0.381 e. The van der Waals surface area contributed by atoms with Gasteiger partial charge in [0.1, 0.15) is 6.29 Å². The predicted molar refractivity (Wildman–Crippen MR) is 99.7 cm³/mol. The smallest absolute Gasteiger partial charge is 0.120 e. The van der Waals surface area contributed by atoms with Crippen LogP contribution < -0.4 is 5.73 Å². The lowest BCUT2D eigenvalue weighted by Gasteiger charge is -2.36. The van der Waals surface area contributed by atoms with Crippen LogP contribution in [0.25, 0.3) is 0 Å². The molecule has 1 saturated heterocycles. The molecular weight excluding hydrogens is 322 g/mol. The fourth-order valence-electron chi connectivity index (χ4n) is 3.86. The van der Waals surface area contributed by atoms with Crippen LogP contribution >= 0.6 is 11.6 Å². The number of halogens is 1. The van der Waals surface area contributed by atoms with Gasteiger partial charge in [0, 0.05) is 24.7 Å². The zero-order valence-electron chi connectivity index (χ0n) is 15.1. The summed E-state index contributed by atoms with van der Waals surface area (Å²) >= 11 is 6.60. The van der Waals surface area contributed by atoms with Crippen LogP contribution in [0.4, 0.5) is 0 Å². The Morgan fingerprint density at radius 2 is 2.00 bits per heavy atom. The van der Waals surface area contributed by atoms with Gasteiger partial charge < -0.3 is 15.3 Å². The van der Waals surface area contributed by atoms with E-state index in [0.717, 1.165) is 42.9 Å². The second kappa shape index (κ2) is 8.46. The molecular formula is C20H30ClNO2. The Kier molecular flexibility index (Phi) is 6.85. The second-order valence-corrected chi connectivity index (χ2v) is 8.27. The monoisotopic (exact) mass is 351 g/mol. The SMILES string of the molecule is CC(C)(C)c1ccc(C(C(CN)CC=O)C2CCOCC2)cc1Cl. The predicted octanol–water partition coefficient (Wildman–Crippen LogP) is 4.31. The number of rotatable bonds is 6. The first-order chi connectivity index (χ1) is 11.4. The summed E-state index contributed by atoms with van der Waals surface area (Å²) < 4.78 is 5.52. The Morgan fingerprint density at radius 3 is 2.50 bits per heavy atom. The molecule has 0 aliphatic carbocycles. The van der Waals surface area contributed by atoms with Crippen LogP contribution in [0.1, 0.15) is 57.1 Å². The molecule has 1 aliphatic heterocycles. The molecule has 0 bridgehead atoms. The van der Waals surface area contributed by atoms with Gasteiger partial charge in [-0.25, -0.2) is 0 Å². The Bertz CT molecular complexity index is 547. The average Bonchev–Trinajstić information content (AvgIpc) is 2.54. The molecule has 2 N–H and O–H groups in total. The molecule has 0 spiro atoms. The number of carbonyl (C=O) groups excluding carboxylic acids is 1. The molecule has 0 radical (unpaired) electrons. The van der Waals surface area contributed by atoms with Gasteiger partial charge in [0.15, 0.2) is 0 Å². The summed E-state index contributed by atoms with van der Waals surface area (Å²) in [4.78, 5) is 11.1. The fraction of sp³-hybridized carbons (Fsp3) is 0.650. The first-order valence-electron chi connectivity index (χ1n) is 8.89. The van der Waals surface area contributed by atoms with E-state index in [-0.39, 0.29) is 17.3 Å². The van der Waals surface area contributed by atoms with E-state index in [1.807, 2.05) is 0 Å². The maximum atomic E-state index is 11.1. The van der Waals surface area contributed by atoms with Gasteiger partial charge in [0.25, 0.3) is 0 Å². The Hall–Kier alpha value is -0.900. The minimum atomic E-state index is 0.0137. The molecule has 0 aromatic heterocycles. The van der Waals surface area contributed by atoms with E-state index in [1.165, 1.54) is 5.56 Å². The third-order valence-electron chi connectivity index (χ3n) is 5.17. The number of aldehydes is 1. The van der Waals surface area contributed by atoms with Crippen molar-refractivity contribution in [3.63, 3.8) is 0 Å². The molecule has 3 nitrogen and oxygen atoms in total. The quantitative estimate of drug-likeness (QED) is 0.777. The van der Waals surface area contributed by atoms with Crippen molar-refractivity contribution >= 4 is 17.9 Å². The van der Waals surface area contributed by atoms with E-state index in [4.69, 9.17) is 22.1 Å². The van der Waals surface area contributed by atoms with Gasteiger partial charge in [0.05, 0.1) is 0 Å². The zero-order chi connectivity index (χ0) is 17.7.